The maximum absolute atomic E-state index is 10.8. The molecule has 1 aromatic carbocycles. The Balaban J connectivity index is 2.89. The maximum Gasteiger partial charge on any atom is 0.134 e. The van der Waals surface area contributed by atoms with Crippen LogP contribution in [0.2, 0.25) is 0 Å². The molecule has 13 heavy (non-hydrogen) atoms. The number of thiol groups is 1. The molecule has 0 radical (unpaired) electrons. The first-order chi connectivity index (χ1) is 6.13. The van der Waals surface area contributed by atoms with E-state index in [0.29, 0.717) is 6.42 Å². The Labute approximate surface area is 88.3 Å². The standard InChI is InChI=1S/C10H12OS2/c1-7(11)5-8-3-4-10(13-2)9(12)6-8/h3-4,6,12H,5H2,1-2H3. The highest BCUT2D eigenvalue weighted by atomic mass is 32.2. The second kappa shape index (κ2) is 4.72. The van der Waals surface area contributed by atoms with Crippen molar-refractivity contribution in [3.63, 3.8) is 0 Å². The van der Waals surface area contributed by atoms with Crippen LogP contribution in [-0.4, -0.2) is 12.0 Å². The number of carbonyl (C=O) groups excluding carboxylic acids is 1. The summed E-state index contributed by atoms with van der Waals surface area (Å²) in [5, 5.41) is 0. The van der Waals surface area contributed by atoms with E-state index in [4.69, 9.17) is 0 Å². The highest BCUT2D eigenvalue weighted by Crippen LogP contribution is 2.24. The minimum atomic E-state index is 0.185. The van der Waals surface area contributed by atoms with E-state index < -0.39 is 0 Å². The number of benzene rings is 1. The summed E-state index contributed by atoms with van der Waals surface area (Å²) >= 11 is 6.00. The Morgan fingerprint density at radius 3 is 2.69 bits per heavy atom. The summed E-state index contributed by atoms with van der Waals surface area (Å²) in [4.78, 5) is 12.9. The van der Waals surface area contributed by atoms with Gasteiger partial charge in [-0.05, 0) is 30.9 Å². The number of hydrogen-bond acceptors (Lipinski definition) is 3. The third-order valence-electron chi connectivity index (χ3n) is 1.70. The van der Waals surface area contributed by atoms with E-state index >= 15 is 0 Å². The molecule has 0 fully saturated rings. The van der Waals surface area contributed by atoms with Crippen LogP contribution in [0.3, 0.4) is 0 Å². The molecule has 1 aromatic rings. The zero-order valence-electron chi connectivity index (χ0n) is 7.70. The lowest BCUT2D eigenvalue weighted by Crippen LogP contribution is -1.96. The van der Waals surface area contributed by atoms with Gasteiger partial charge in [0.05, 0.1) is 0 Å². The molecule has 1 rings (SSSR count). The monoisotopic (exact) mass is 212 g/mol. The first-order valence-electron chi connectivity index (χ1n) is 3.99. The van der Waals surface area contributed by atoms with Crippen molar-refractivity contribution in [2.75, 3.05) is 6.26 Å². The summed E-state index contributed by atoms with van der Waals surface area (Å²) in [6.45, 7) is 1.60. The SMILES string of the molecule is CSc1ccc(CC(C)=O)cc1S. The molecule has 0 aliphatic rings. The summed E-state index contributed by atoms with van der Waals surface area (Å²) in [6.07, 6.45) is 2.52. The van der Waals surface area contributed by atoms with Gasteiger partial charge in [0.15, 0.2) is 0 Å². The third kappa shape index (κ3) is 3.08. The van der Waals surface area contributed by atoms with Crippen molar-refractivity contribution in [2.24, 2.45) is 0 Å². The van der Waals surface area contributed by atoms with Crippen LogP contribution in [0, 0.1) is 0 Å². The zero-order chi connectivity index (χ0) is 9.84. The molecule has 0 aromatic heterocycles. The van der Waals surface area contributed by atoms with Gasteiger partial charge >= 0.3 is 0 Å². The number of Topliss-reactive ketones (excluding diaryl/α,β-unsaturated/α-hetero) is 1. The fourth-order valence-electron chi connectivity index (χ4n) is 1.13. The largest absolute Gasteiger partial charge is 0.300 e. The molecule has 0 heterocycles. The molecule has 0 saturated carbocycles. The van der Waals surface area contributed by atoms with Gasteiger partial charge in [0, 0.05) is 16.2 Å². The average Bonchev–Trinajstić information content (AvgIpc) is 2.03. The minimum absolute atomic E-state index is 0.185. The molecule has 0 aliphatic carbocycles. The summed E-state index contributed by atoms with van der Waals surface area (Å²) in [7, 11) is 0. The van der Waals surface area contributed by atoms with Crippen molar-refractivity contribution >= 4 is 30.2 Å². The van der Waals surface area contributed by atoms with Crippen molar-refractivity contribution in [3.05, 3.63) is 23.8 Å². The van der Waals surface area contributed by atoms with Crippen LogP contribution in [0.5, 0.6) is 0 Å². The van der Waals surface area contributed by atoms with Gasteiger partial charge in [-0.2, -0.15) is 0 Å². The van der Waals surface area contributed by atoms with Crippen LogP contribution in [0.1, 0.15) is 12.5 Å². The summed E-state index contributed by atoms with van der Waals surface area (Å²) < 4.78 is 0. The Bertz CT molecular complexity index is 321. The van der Waals surface area contributed by atoms with Crippen LogP contribution in [0.25, 0.3) is 0 Å². The van der Waals surface area contributed by atoms with Crippen LogP contribution >= 0.6 is 24.4 Å². The fraction of sp³-hybridized carbons (Fsp3) is 0.300. The Kier molecular flexibility index (Phi) is 3.88. The Morgan fingerprint density at radius 1 is 1.54 bits per heavy atom. The number of ketones is 1. The van der Waals surface area contributed by atoms with E-state index in [0.717, 1.165) is 15.4 Å². The molecule has 0 spiro atoms. The van der Waals surface area contributed by atoms with Gasteiger partial charge in [0.1, 0.15) is 5.78 Å². The van der Waals surface area contributed by atoms with Crippen LogP contribution < -0.4 is 0 Å². The average molecular weight is 212 g/mol. The number of rotatable bonds is 3. The molecule has 0 amide bonds. The quantitative estimate of drug-likeness (QED) is 0.613. The molecule has 0 N–H and O–H groups in total. The molecule has 3 heteroatoms. The first-order valence-corrected chi connectivity index (χ1v) is 5.66. The van der Waals surface area contributed by atoms with Gasteiger partial charge in [-0.1, -0.05) is 6.07 Å². The number of thioether (sulfide) groups is 1. The minimum Gasteiger partial charge on any atom is -0.300 e. The predicted molar refractivity (Wildman–Crippen MR) is 59.9 cm³/mol. The second-order valence-corrected chi connectivity index (χ2v) is 4.21. The third-order valence-corrected chi connectivity index (χ3v) is 3.01. The van der Waals surface area contributed by atoms with E-state index in [1.54, 1.807) is 18.7 Å². The van der Waals surface area contributed by atoms with Gasteiger partial charge < -0.3 is 0 Å². The first kappa shape index (κ1) is 10.7. The summed E-state index contributed by atoms with van der Waals surface area (Å²) in [5.74, 6) is 0.185. The van der Waals surface area contributed by atoms with Crippen molar-refractivity contribution in [1.29, 1.82) is 0 Å². The second-order valence-electron chi connectivity index (χ2n) is 2.88. The Hall–Kier alpha value is -0.410. The highest BCUT2D eigenvalue weighted by Gasteiger charge is 2.01. The van der Waals surface area contributed by atoms with Crippen molar-refractivity contribution in [1.82, 2.24) is 0 Å². The lowest BCUT2D eigenvalue weighted by Gasteiger charge is -2.03. The fourth-order valence-corrected chi connectivity index (χ4v) is 2.12. The molecule has 0 aliphatic heterocycles. The number of carbonyl (C=O) groups is 1. The molecule has 70 valence electrons. The van der Waals surface area contributed by atoms with Crippen LogP contribution in [0.15, 0.2) is 28.0 Å². The molecule has 0 saturated heterocycles. The smallest absolute Gasteiger partial charge is 0.134 e. The van der Waals surface area contributed by atoms with E-state index in [9.17, 15) is 4.79 Å². The lowest BCUT2D eigenvalue weighted by molar-refractivity contribution is -0.116. The molecule has 0 bridgehead atoms. The highest BCUT2D eigenvalue weighted by molar-refractivity contribution is 7.99. The van der Waals surface area contributed by atoms with Gasteiger partial charge in [0.2, 0.25) is 0 Å². The van der Waals surface area contributed by atoms with Crippen LogP contribution in [0.4, 0.5) is 0 Å². The molecule has 0 atom stereocenters. The van der Waals surface area contributed by atoms with E-state index in [-0.39, 0.29) is 5.78 Å². The zero-order valence-corrected chi connectivity index (χ0v) is 9.41. The molecular formula is C10H12OS2. The van der Waals surface area contributed by atoms with Crippen LogP contribution in [-0.2, 0) is 11.2 Å². The Morgan fingerprint density at radius 2 is 2.23 bits per heavy atom. The summed E-state index contributed by atoms with van der Waals surface area (Å²) in [6, 6.07) is 5.94. The van der Waals surface area contributed by atoms with Gasteiger partial charge in [-0.25, -0.2) is 0 Å². The molecule has 0 unspecified atom stereocenters. The van der Waals surface area contributed by atoms with Crippen molar-refractivity contribution < 1.29 is 4.79 Å². The maximum atomic E-state index is 10.8. The van der Waals surface area contributed by atoms with Gasteiger partial charge in [0.25, 0.3) is 0 Å². The van der Waals surface area contributed by atoms with Gasteiger partial charge in [-0.3, -0.25) is 4.79 Å². The topological polar surface area (TPSA) is 17.1 Å². The molecule has 1 nitrogen and oxygen atoms in total. The summed E-state index contributed by atoms with van der Waals surface area (Å²) in [5.41, 5.74) is 1.04. The van der Waals surface area contributed by atoms with Gasteiger partial charge in [-0.15, -0.1) is 24.4 Å². The lowest BCUT2D eigenvalue weighted by atomic mass is 10.1. The van der Waals surface area contributed by atoms with E-state index in [2.05, 4.69) is 12.6 Å². The van der Waals surface area contributed by atoms with Crippen molar-refractivity contribution in [3.8, 4) is 0 Å². The van der Waals surface area contributed by atoms with Crippen molar-refractivity contribution in [2.45, 2.75) is 23.1 Å². The van der Waals surface area contributed by atoms with E-state index in [1.165, 1.54) is 0 Å². The van der Waals surface area contributed by atoms with E-state index in [1.807, 2.05) is 24.5 Å². The normalized spacial score (nSPS) is 10.1. The predicted octanol–water partition coefficient (Wildman–Crippen LogP) is 2.83. The number of hydrogen-bond donors (Lipinski definition) is 1. The molecular weight excluding hydrogens is 200 g/mol.